The highest BCUT2D eigenvalue weighted by Gasteiger charge is 2.37. The van der Waals surface area contributed by atoms with Gasteiger partial charge in [-0.15, -0.1) is 21.5 Å². The molecule has 1 saturated heterocycles. The summed E-state index contributed by atoms with van der Waals surface area (Å²) in [6, 6.07) is 14.1. The van der Waals surface area contributed by atoms with Crippen LogP contribution in [-0.2, 0) is 19.9 Å². The van der Waals surface area contributed by atoms with Crippen LogP contribution in [-0.4, -0.2) is 38.8 Å². The first-order valence-electron chi connectivity index (χ1n) is 10.6. The Morgan fingerprint density at radius 1 is 1.07 bits per heavy atom. The van der Waals surface area contributed by atoms with Crippen LogP contribution in [0, 0.1) is 0 Å². The average Bonchev–Trinajstić information content (AvgIpc) is 3.46. The zero-order valence-electron chi connectivity index (χ0n) is 16.6. The highest BCUT2D eigenvalue weighted by atomic mass is 32.1. The Labute approximate surface area is 171 Å². The summed E-state index contributed by atoms with van der Waals surface area (Å²) in [5, 5.41) is 10.9. The van der Waals surface area contributed by atoms with E-state index in [0.717, 1.165) is 30.0 Å². The van der Waals surface area contributed by atoms with Gasteiger partial charge in [-0.1, -0.05) is 30.3 Å². The fourth-order valence-electron chi connectivity index (χ4n) is 5.17. The number of hydrogen-bond donors (Lipinski definition) is 0. The number of likely N-dealkylation sites (tertiary alicyclic amines) is 1. The SMILES string of the molecule is Cn1c(CCCCN2CCC3c4ccccc4CCC32)nnc1-c1cccs1. The van der Waals surface area contributed by atoms with Crippen molar-refractivity contribution >= 4 is 11.3 Å². The molecule has 0 spiro atoms. The highest BCUT2D eigenvalue weighted by molar-refractivity contribution is 7.13. The number of nitrogens with zero attached hydrogens (tertiary/aromatic N) is 4. The van der Waals surface area contributed by atoms with Crippen LogP contribution in [0.25, 0.3) is 10.7 Å². The smallest absolute Gasteiger partial charge is 0.173 e. The number of benzene rings is 1. The summed E-state index contributed by atoms with van der Waals surface area (Å²) in [6.07, 6.45) is 7.34. The summed E-state index contributed by atoms with van der Waals surface area (Å²) >= 11 is 1.72. The molecule has 2 atom stereocenters. The van der Waals surface area contributed by atoms with Gasteiger partial charge >= 0.3 is 0 Å². The minimum absolute atomic E-state index is 0.759. The van der Waals surface area contributed by atoms with Gasteiger partial charge in [-0.25, -0.2) is 0 Å². The first-order chi connectivity index (χ1) is 13.8. The maximum Gasteiger partial charge on any atom is 0.173 e. The molecule has 0 bridgehead atoms. The first-order valence-corrected chi connectivity index (χ1v) is 11.4. The molecule has 1 fully saturated rings. The summed E-state index contributed by atoms with van der Waals surface area (Å²) in [5.74, 6) is 2.86. The number of fused-ring (bicyclic) bond motifs is 3. The Morgan fingerprint density at radius 3 is 2.89 bits per heavy atom. The van der Waals surface area contributed by atoms with Crippen molar-refractivity contribution < 1.29 is 0 Å². The quantitative estimate of drug-likeness (QED) is 0.572. The van der Waals surface area contributed by atoms with Crippen LogP contribution in [0.4, 0.5) is 0 Å². The predicted octanol–water partition coefficient (Wildman–Crippen LogP) is 4.67. The van der Waals surface area contributed by atoms with Gasteiger partial charge in [0.25, 0.3) is 0 Å². The Hall–Kier alpha value is -1.98. The van der Waals surface area contributed by atoms with Crippen molar-refractivity contribution in [3.63, 3.8) is 0 Å². The number of unbranched alkanes of at least 4 members (excludes halogenated alkanes) is 1. The van der Waals surface area contributed by atoms with Crippen LogP contribution in [0.2, 0.25) is 0 Å². The van der Waals surface area contributed by atoms with E-state index in [1.807, 2.05) is 0 Å². The van der Waals surface area contributed by atoms with Crippen LogP contribution in [0.5, 0.6) is 0 Å². The van der Waals surface area contributed by atoms with Crippen LogP contribution in [0.15, 0.2) is 41.8 Å². The van der Waals surface area contributed by atoms with E-state index in [4.69, 9.17) is 0 Å². The lowest BCUT2D eigenvalue weighted by Crippen LogP contribution is -2.35. The fourth-order valence-corrected chi connectivity index (χ4v) is 5.91. The molecule has 146 valence electrons. The molecule has 0 N–H and O–H groups in total. The van der Waals surface area contributed by atoms with Gasteiger partial charge in [0, 0.05) is 25.4 Å². The zero-order chi connectivity index (χ0) is 18.9. The fraction of sp³-hybridized carbons (Fsp3) is 0.478. The predicted molar refractivity (Wildman–Crippen MR) is 115 cm³/mol. The molecular weight excluding hydrogens is 364 g/mol. The molecule has 2 aliphatic rings. The lowest BCUT2D eigenvalue weighted by Gasteiger charge is -2.33. The molecule has 0 saturated carbocycles. The third-order valence-corrected chi connectivity index (χ3v) is 7.49. The Kier molecular flexibility index (Phi) is 5.03. The van der Waals surface area contributed by atoms with Gasteiger partial charge in [0.05, 0.1) is 4.88 Å². The molecule has 28 heavy (non-hydrogen) atoms. The molecule has 0 radical (unpaired) electrons. The average molecular weight is 393 g/mol. The molecule has 1 aliphatic carbocycles. The topological polar surface area (TPSA) is 34.0 Å². The third kappa shape index (κ3) is 3.31. The van der Waals surface area contributed by atoms with E-state index in [1.54, 1.807) is 22.5 Å². The van der Waals surface area contributed by atoms with Crippen molar-refractivity contribution in [3.05, 3.63) is 58.7 Å². The summed E-state index contributed by atoms with van der Waals surface area (Å²) < 4.78 is 2.16. The highest BCUT2D eigenvalue weighted by Crippen LogP contribution is 2.41. The van der Waals surface area contributed by atoms with Gasteiger partial charge in [0.2, 0.25) is 0 Å². The molecule has 3 heterocycles. The molecule has 5 rings (SSSR count). The van der Waals surface area contributed by atoms with Crippen molar-refractivity contribution in [2.45, 2.75) is 50.5 Å². The van der Waals surface area contributed by atoms with Crippen molar-refractivity contribution in [3.8, 4) is 10.7 Å². The molecule has 0 amide bonds. The molecule has 5 heteroatoms. The molecular formula is C23H28N4S. The molecule has 1 aliphatic heterocycles. The van der Waals surface area contributed by atoms with Crippen LogP contribution in [0.3, 0.4) is 0 Å². The van der Waals surface area contributed by atoms with Gasteiger partial charge < -0.3 is 4.57 Å². The second-order valence-electron chi connectivity index (χ2n) is 8.17. The van der Waals surface area contributed by atoms with Crippen LogP contribution in [0.1, 0.15) is 48.6 Å². The third-order valence-electron chi connectivity index (χ3n) is 6.63. The second-order valence-corrected chi connectivity index (χ2v) is 9.12. The van der Waals surface area contributed by atoms with Gasteiger partial charge in [-0.3, -0.25) is 4.90 Å². The van der Waals surface area contributed by atoms with Gasteiger partial charge in [-0.2, -0.15) is 0 Å². The number of hydrogen-bond acceptors (Lipinski definition) is 4. The largest absolute Gasteiger partial charge is 0.313 e. The maximum atomic E-state index is 4.44. The van der Waals surface area contributed by atoms with E-state index < -0.39 is 0 Å². The Balaban J connectivity index is 1.15. The Morgan fingerprint density at radius 2 is 2.00 bits per heavy atom. The normalized spacial score (nSPS) is 21.6. The summed E-state index contributed by atoms with van der Waals surface area (Å²) in [6.45, 7) is 2.48. The number of thiophene rings is 1. The molecule has 2 aromatic heterocycles. The van der Waals surface area contributed by atoms with E-state index in [9.17, 15) is 0 Å². The van der Waals surface area contributed by atoms with Crippen molar-refractivity contribution in [1.82, 2.24) is 19.7 Å². The Bertz CT molecular complexity index is 930. The number of rotatable bonds is 6. The molecule has 2 unspecified atom stereocenters. The first kappa shape index (κ1) is 18.1. The van der Waals surface area contributed by atoms with E-state index in [2.05, 4.69) is 68.5 Å². The lowest BCUT2D eigenvalue weighted by molar-refractivity contribution is 0.223. The van der Waals surface area contributed by atoms with E-state index in [0.29, 0.717) is 0 Å². The van der Waals surface area contributed by atoms with E-state index >= 15 is 0 Å². The zero-order valence-corrected chi connectivity index (χ0v) is 17.4. The maximum absolute atomic E-state index is 4.44. The summed E-state index contributed by atoms with van der Waals surface area (Å²) in [7, 11) is 2.09. The van der Waals surface area contributed by atoms with Crippen molar-refractivity contribution in [2.75, 3.05) is 13.1 Å². The van der Waals surface area contributed by atoms with Gasteiger partial charge in [0.15, 0.2) is 5.82 Å². The number of aryl methyl sites for hydroxylation is 2. The van der Waals surface area contributed by atoms with Crippen LogP contribution >= 0.6 is 11.3 Å². The standard InChI is InChI=1S/C23H28N4S/c1-26-22(24-25-23(26)21-9-6-16-28-21)10-4-5-14-27-15-13-19-18-8-3-2-7-17(18)11-12-20(19)27/h2-3,6-9,16,19-20H,4-5,10-15H2,1H3. The van der Waals surface area contributed by atoms with Gasteiger partial charge in [0.1, 0.15) is 5.82 Å². The van der Waals surface area contributed by atoms with Crippen LogP contribution < -0.4 is 0 Å². The summed E-state index contributed by atoms with van der Waals surface area (Å²) in [5.41, 5.74) is 3.22. The minimum Gasteiger partial charge on any atom is -0.313 e. The van der Waals surface area contributed by atoms with E-state index in [-0.39, 0.29) is 0 Å². The summed E-state index contributed by atoms with van der Waals surface area (Å²) in [4.78, 5) is 3.95. The van der Waals surface area contributed by atoms with Gasteiger partial charge in [-0.05, 0) is 67.8 Å². The van der Waals surface area contributed by atoms with Crippen molar-refractivity contribution in [1.29, 1.82) is 0 Å². The minimum atomic E-state index is 0.759. The lowest BCUT2D eigenvalue weighted by atomic mass is 9.79. The second kappa shape index (κ2) is 7.80. The monoisotopic (exact) mass is 392 g/mol. The number of aromatic nitrogens is 3. The molecule has 3 aromatic rings. The van der Waals surface area contributed by atoms with E-state index in [1.165, 1.54) is 50.1 Å². The molecule has 4 nitrogen and oxygen atoms in total. The van der Waals surface area contributed by atoms with Crippen molar-refractivity contribution in [2.24, 2.45) is 7.05 Å². The molecule has 1 aromatic carbocycles.